The Morgan fingerprint density at radius 3 is 2.23 bits per heavy atom. The molecule has 40 heavy (non-hydrogen) atoms. The number of alkyl halides is 3. The Bertz CT molecular complexity index is 1190. The molecule has 0 saturated carbocycles. The molecule has 0 saturated heterocycles. The van der Waals surface area contributed by atoms with Gasteiger partial charge in [0.2, 0.25) is 6.41 Å². The van der Waals surface area contributed by atoms with Crippen LogP contribution in [0, 0.1) is 0 Å². The van der Waals surface area contributed by atoms with E-state index in [1.165, 1.54) is 24.3 Å². The predicted molar refractivity (Wildman–Crippen MR) is 153 cm³/mol. The highest BCUT2D eigenvalue weighted by molar-refractivity contribution is 8.06. The number of amides is 3. The Hall–Kier alpha value is -3.45. The highest BCUT2D eigenvalue weighted by atomic mass is 35.5. The second-order valence-corrected chi connectivity index (χ2v) is 9.11. The number of carbonyl (C=O) groups excluding carboxylic acids is 3. The number of halogens is 4. The van der Waals surface area contributed by atoms with Crippen LogP contribution in [0.25, 0.3) is 0 Å². The van der Waals surface area contributed by atoms with E-state index in [2.05, 4.69) is 38.6 Å². The average Bonchev–Trinajstić information content (AvgIpc) is 2.94. The number of pyridine rings is 1. The van der Waals surface area contributed by atoms with Gasteiger partial charge in [-0.15, -0.1) is 0 Å². The molecule has 3 N–H and O–H groups in total. The summed E-state index contributed by atoms with van der Waals surface area (Å²) in [6, 6.07) is 1.89. The minimum absolute atomic E-state index is 0.157. The highest BCUT2D eigenvalue weighted by Crippen LogP contribution is 2.35. The van der Waals surface area contributed by atoms with Gasteiger partial charge in [0.05, 0.1) is 16.6 Å². The van der Waals surface area contributed by atoms with Crippen LogP contribution in [0.5, 0.6) is 0 Å². The Kier molecular flexibility index (Phi) is 17.1. The molecule has 0 bridgehead atoms. The Labute approximate surface area is 241 Å². The number of anilines is 1. The van der Waals surface area contributed by atoms with Crippen LogP contribution < -0.4 is 16.0 Å². The average molecular weight is 603 g/mol. The first-order valence-corrected chi connectivity index (χ1v) is 13.4. The fourth-order valence-corrected chi connectivity index (χ4v) is 3.81. The van der Waals surface area contributed by atoms with Crippen LogP contribution in [0.1, 0.15) is 74.5 Å². The van der Waals surface area contributed by atoms with Gasteiger partial charge in [0.15, 0.2) is 0 Å². The standard InChI is InChI=1S/C17H24N4O2S.C7H4ClF3N2O.C2H6/c1-6-8-15(24-11(3)7-2)12(4)21-17(23)14-9-13(16(22)18-5)19-10-20-14;8-5-2-12-6(13-3-14)1-4(5)7(9,10)11;1-2/h7-10,12H,6H2,1-5H3,(H,18,22)(H,21,23);1-3H,(H,12,13,14);1-2H3/b11-7-,15-8+;;. The third-order valence-electron chi connectivity index (χ3n) is 4.59. The molecule has 14 heteroatoms. The zero-order valence-electron chi connectivity index (χ0n) is 23.3. The third kappa shape index (κ3) is 12.6. The molecular formula is C26H34ClF3N6O3S. The largest absolute Gasteiger partial charge is 0.418 e. The summed E-state index contributed by atoms with van der Waals surface area (Å²) in [4.78, 5) is 47.5. The fourth-order valence-electron chi connectivity index (χ4n) is 2.62. The van der Waals surface area contributed by atoms with E-state index >= 15 is 0 Å². The van der Waals surface area contributed by atoms with E-state index in [4.69, 9.17) is 11.6 Å². The summed E-state index contributed by atoms with van der Waals surface area (Å²) in [5, 5.41) is 6.88. The second-order valence-electron chi connectivity index (χ2n) is 7.39. The SMILES string of the molecule is C/C=C(/C)S/C(=C/CC)C(C)NC(=O)c1cc(C(=O)NC)ncn1.CC.O=CNc1cc(C(F)(F)F)c(Cl)cn1. The molecule has 0 radical (unpaired) electrons. The lowest BCUT2D eigenvalue weighted by atomic mass is 10.2. The molecule has 2 aromatic rings. The van der Waals surface area contributed by atoms with Gasteiger partial charge in [-0.1, -0.05) is 56.3 Å². The van der Waals surface area contributed by atoms with Crippen LogP contribution in [0.3, 0.4) is 0 Å². The van der Waals surface area contributed by atoms with E-state index in [-0.39, 0.29) is 41.5 Å². The summed E-state index contributed by atoms with van der Waals surface area (Å²) in [5.74, 6) is -0.891. The molecule has 1 unspecified atom stereocenters. The molecule has 220 valence electrons. The van der Waals surface area contributed by atoms with Crippen LogP contribution in [-0.4, -0.2) is 46.3 Å². The van der Waals surface area contributed by atoms with Gasteiger partial charge in [0.1, 0.15) is 23.5 Å². The lowest BCUT2D eigenvalue weighted by molar-refractivity contribution is -0.137. The van der Waals surface area contributed by atoms with E-state index in [9.17, 15) is 27.6 Å². The Morgan fingerprint density at radius 2 is 1.73 bits per heavy atom. The van der Waals surface area contributed by atoms with Gasteiger partial charge in [-0.25, -0.2) is 15.0 Å². The van der Waals surface area contributed by atoms with Crippen molar-refractivity contribution >= 4 is 47.4 Å². The van der Waals surface area contributed by atoms with Gasteiger partial charge in [-0.05, 0) is 38.2 Å². The maximum Gasteiger partial charge on any atom is 0.418 e. The molecule has 3 amide bonds. The van der Waals surface area contributed by atoms with Gasteiger partial charge >= 0.3 is 6.18 Å². The molecule has 0 aromatic carbocycles. The minimum Gasteiger partial charge on any atom is -0.354 e. The summed E-state index contributed by atoms with van der Waals surface area (Å²) in [6.07, 6.45) is 2.73. The third-order valence-corrected chi connectivity index (χ3v) is 6.21. The topological polar surface area (TPSA) is 126 Å². The van der Waals surface area contributed by atoms with Gasteiger partial charge < -0.3 is 16.0 Å². The van der Waals surface area contributed by atoms with Crippen LogP contribution in [0.4, 0.5) is 19.0 Å². The lowest BCUT2D eigenvalue weighted by Crippen LogP contribution is -2.34. The maximum absolute atomic E-state index is 12.4. The summed E-state index contributed by atoms with van der Waals surface area (Å²) in [6.45, 7) is 12.0. The smallest absolute Gasteiger partial charge is 0.354 e. The number of allylic oxidation sites excluding steroid dienone is 3. The molecule has 2 heterocycles. The number of carbonyl (C=O) groups is 3. The van der Waals surface area contributed by atoms with Gasteiger partial charge in [0.25, 0.3) is 11.8 Å². The first kappa shape index (κ1) is 36.5. The molecule has 0 fully saturated rings. The second kappa shape index (κ2) is 18.8. The zero-order valence-corrected chi connectivity index (χ0v) is 24.9. The van der Waals surface area contributed by atoms with Gasteiger partial charge in [-0.2, -0.15) is 13.2 Å². The normalized spacial score (nSPS) is 12.1. The molecular weight excluding hydrogens is 569 g/mol. The molecule has 9 nitrogen and oxygen atoms in total. The number of nitrogens with zero attached hydrogens (tertiary/aromatic N) is 3. The number of hydrogen-bond donors (Lipinski definition) is 3. The first-order valence-electron chi connectivity index (χ1n) is 12.2. The lowest BCUT2D eigenvalue weighted by Gasteiger charge is -2.17. The van der Waals surface area contributed by atoms with E-state index in [1.807, 2.05) is 46.0 Å². The molecule has 2 aromatic heterocycles. The van der Waals surface area contributed by atoms with Crippen molar-refractivity contribution in [2.24, 2.45) is 0 Å². The first-order chi connectivity index (χ1) is 18.9. The van der Waals surface area contributed by atoms with E-state index in [1.54, 1.807) is 11.8 Å². The van der Waals surface area contributed by atoms with Crippen LogP contribution in [-0.2, 0) is 11.0 Å². The van der Waals surface area contributed by atoms with E-state index in [0.29, 0.717) is 6.07 Å². The molecule has 0 aliphatic carbocycles. The molecule has 1 atom stereocenters. The van der Waals surface area contributed by atoms with E-state index in [0.717, 1.165) is 17.5 Å². The van der Waals surface area contributed by atoms with Crippen LogP contribution in [0.15, 0.2) is 46.6 Å². The number of nitrogens with one attached hydrogen (secondary N) is 3. The van der Waals surface area contributed by atoms with Gasteiger partial charge in [0, 0.05) is 24.2 Å². The van der Waals surface area contributed by atoms with Crippen molar-refractivity contribution in [2.45, 2.75) is 60.2 Å². The van der Waals surface area contributed by atoms with Crippen LogP contribution in [0.2, 0.25) is 5.02 Å². The van der Waals surface area contributed by atoms with Crippen molar-refractivity contribution in [1.82, 2.24) is 25.6 Å². The summed E-state index contributed by atoms with van der Waals surface area (Å²) in [5.41, 5.74) is -0.702. The molecule has 2 rings (SSSR count). The highest BCUT2D eigenvalue weighted by Gasteiger charge is 2.33. The zero-order chi connectivity index (χ0) is 30.9. The summed E-state index contributed by atoms with van der Waals surface area (Å²) in [7, 11) is 1.51. The number of rotatable bonds is 9. The van der Waals surface area contributed by atoms with Crippen molar-refractivity contribution in [2.75, 3.05) is 12.4 Å². The van der Waals surface area contributed by atoms with Crippen molar-refractivity contribution in [3.63, 3.8) is 0 Å². The van der Waals surface area contributed by atoms with Crippen molar-refractivity contribution in [1.29, 1.82) is 0 Å². The monoisotopic (exact) mass is 602 g/mol. The minimum atomic E-state index is -4.56. The maximum atomic E-state index is 12.4. The fraction of sp³-hybridized carbons (Fsp3) is 0.385. The predicted octanol–water partition coefficient (Wildman–Crippen LogP) is 6.25. The molecule has 0 aliphatic heterocycles. The van der Waals surface area contributed by atoms with Crippen molar-refractivity contribution < 1.29 is 27.6 Å². The Balaban J connectivity index is 0.000000805. The number of hydrogen-bond acceptors (Lipinski definition) is 7. The van der Waals surface area contributed by atoms with Crippen molar-refractivity contribution in [3.8, 4) is 0 Å². The Morgan fingerprint density at radius 1 is 1.12 bits per heavy atom. The summed E-state index contributed by atoms with van der Waals surface area (Å²) >= 11 is 6.92. The van der Waals surface area contributed by atoms with Gasteiger partial charge in [-0.3, -0.25) is 14.4 Å². The van der Waals surface area contributed by atoms with Crippen LogP contribution >= 0.6 is 23.4 Å². The van der Waals surface area contributed by atoms with Crippen molar-refractivity contribution in [3.05, 3.63) is 68.6 Å². The molecule has 0 aliphatic rings. The number of aromatic nitrogens is 3. The molecule has 0 spiro atoms. The number of thioether (sulfide) groups is 1. The van der Waals surface area contributed by atoms with E-state index < -0.39 is 16.8 Å². The summed E-state index contributed by atoms with van der Waals surface area (Å²) < 4.78 is 36.7. The quantitative estimate of drug-likeness (QED) is 0.289.